The molecule has 2 heterocycles. The molecule has 2 aromatic rings. The Morgan fingerprint density at radius 2 is 1.96 bits per heavy atom. The van der Waals surface area contributed by atoms with E-state index in [0.717, 1.165) is 29.7 Å². The van der Waals surface area contributed by atoms with Crippen molar-refractivity contribution >= 4 is 5.82 Å². The molecule has 5 heteroatoms. The van der Waals surface area contributed by atoms with Gasteiger partial charge < -0.3 is 10.5 Å². The molecule has 0 spiro atoms. The van der Waals surface area contributed by atoms with Crippen molar-refractivity contribution in [3.63, 3.8) is 0 Å². The van der Waals surface area contributed by atoms with E-state index < -0.39 is 0 Å². The Labute approximate surface area is 166 Å². The topological polar surface area (TPSA) is 72.9 Å². The van der Waals surface area contributed by atoms with Gasteiger partial charge in [-0.25, -0.2) is 4.98 Å². The zero-order valence-corrected chi connectivity index (χ0v) is 16.2. The number of allylic oxidation sites excluding steroid dienone is 5. The van der Waals surface area contributed by atoms with Crippen molar-refractivity contribution in [1.82, 2.24) is 4.98 Å². The Morgan fingerprint density at radius 3 is 2.71 bits per heavy atom. The summed E-state index contributed by atoms with van der Waals surface area (Å²) < 4.78 is 5.75. The Morgan fingerprint density at radius 1 is 1.18 bits per heavy atom. The Hall–Kier alpha value is -3.21. The predicted octanol–water partition coefficient (Wildman–Crippen LogP) is 5.33. The van der Waals surface area contributed by atoms with Crippen LogP contribution in [0.5, 0.6) is 0 Å². The number of nitrogen functional groups attached to an aromatic ring is 1. The summed E-state index contributed by atoms with van der Waals surface area (Å²) in [5.41, 5.74) is 9.31. The highest BCUT2D eigenvalue weighted by molar-refractivity contribution is 5.41. The number of pyridine rings is 1. The van der Waals surface area contributed by atoms with Crippen LogP contribution in [0.2, 0.25) is 0 Å². The van der Waals surface area contributed by atoms with Gasteiger partial charge in [0.2, 0.25) is 0 Å². The largest absolute Gasteiger partial charge is 0.494 e. The summed E-state index contributed by atoms with van der Waals surface area (Å²) in [7, 11) is 0. The monoisotopic (exact) mass is 374 g/mol. The van der Waals surface area contributed by atoms with E-state index in [0.29, 0.717) is 12.4 Å². The molecule has 28 heavy (non-hydrogen) atoms. The number of rotatable bonds is 8. The van der Waals surface area contributed by atoms with Crippen LogP contribution in [0, 0.1) is 0 Å². The van der Waals surface area contributed by atoms with Crippen LogP contribution in [0.3, 0.4) is 0 Å². The maximum Gasteiger partial charge on any atom is 0.128 e. The second kappa shape index (κ2) is 9.65. The first kappa shape index (κ1) is 19.5. The third-order valence-electron chi connectivity index (χ3n) is 4.63. The van der Waals surface area contributed by atoms with Gasteiger partial charge in [0.05, 0.1) is 11.8 Å². The molecule has 2 unspecified atom stereocenters. The standard InChI is InChI=1S/C23H26N4O/c1-3-4-5-7-17(2)28-16-19-11-9-18(10-12-19)14-20-15-22(27-26-20)21-8-6-13-25-23(21)24/h3-13,20,22H,1,14-16H2,2H3,(H2,24,25)/b5-4-,17-7+. The highest BCUT2D eigenvalue weighted by Crippen LogP contribution is 2.33. The number of nitrogens with zero attached hydrogens (tertiary/aromatic N) is 3. The maximum absolute atomic E-state index is 5.96. The lowest BCUT2D eigenvalue weighted by atomic mass is 9.97. The van der Waals surface area contributed by atoms with Crippen molar-refractivity contribution in [2.24, 2.45) is 10.2 Å². The summed E-state index contributed by atoms with van der Waals surface area (Å²) in [6, 6.07) is 12.5. The first-order valence-electron chi connectivity index (χ1n) is 9.42. The summed E-state index contributed by atoms with van der Waals surface area (Å²) in [5, 5.41) is 8.85. The zero-order chi connectivity index (χ0) is 19.8. The summed E-state index contributed by atoms with van der Waals surface area (Å²) in [6.45, 7) is 6.14. The lowest BCUT2D eigenvalue weighted by molar-refractivity contribution is 0.201. The number of hydrogen-bond acceptors (Lipinski definition) is 5. The lowest BCUT2D eigenvalue weighted by Gasteiger charge is -2.11. The minimum absolute atomic E-state index is 0.0104. The molecule has 3 rings (SSSR count). The molecule has 1 aliphatic rings. The van der Waals surface area contributed by atoms with E-state index >= 15 is 0 Å². The van der Waals surface area contributed by atoms with Crippen LogP contribution in [0.15, 0.2) is 89.5 Å². The molecule has 0 bridgehead atoms. The molecular weight excluding hydrogens is 348 g/mol. The predicted molar refractivity (Wildman–Crippen MR) is 113 cm³/mol. The van der Waals surface area contributed by atoms with Crippen LogP contribution in [0.4, 0.5) is 5.82 Å². The molecule has 5 nitrogen and oxygen atoms in total. The van der Waals surface area contributed by atoms with Gasteiger partial charge >= 0.3 is 0 Å². The van der Waals surface area contributed by atoms with E-state index in [1.54, 1.807) is 12.3 Å². The van der Waals surface area contributed by atoms with E-state index in [4.69, 9.17) is 10.5 Å². The van der Waals surface area contributed by atoms with Crippen molar-refractivity contribution in [3.8, 4) is 0 Å². The van der Waals surface area contributed by atoms with E-state index in [1.807, 2.05) is 37.3 Å². The number of azo groups is 1. The molecule has 0 aliphatic carbocycles. The third kappa shape index (κ3) is 5.39. The molecule has 0 saturated heterocycles. The number of aromatic nitrogens is 1. The Balaban J connectivity index is 1.50. The second-order valence-corrected chi connectivity index (χ2v) is 6.82. The average molecular weight is 374 g/mol. The van der Waals surface area contributed by atoms with Crippen LogP contribution in [0.1, 0.15) is 36.1 Å². The van der Waals surface area contributed by atoms with E-state index in [1.165, 1.54) is 5.56 Å². The fraction of sp³-hybridized carbons (Fsp3) is 0.261. The summed E-state index contributed by atoms with van der Waals surface area (Å²) in [5.74, 6) is 1.41. The van der Waals surface area contributed by atoms with Gasteiger partial charge in [-0.15, -0.1) is 0 Å². The lowest BCUT2D eigenvalue weighted by Crippen LogP contribution is -2.08. The van der Waals surface area contributed by atoms with Crippen molar-refractivity contribution < 1.29 is 4.74 Å². The highest BCUT2D eigenvalue weighted by atomic mass is 16.5. The maximum atomic E-state index is 5.96. The molecule has 0 amide bonds. The minimum Gasteiger partial charge on any atom is -0.494 e. The zero-order valence-electron chi connectivity index (χ0n) is 16.2. The van der Waals surface area contributed by atoms with Gasteiger partial charge in [-0.1, -0.05) is 55.1 Å². The van der Waals surface area contributed by atoms with Gasteiger partial charge in [0.1, 0.15) is 18.5 Å². The SMILES string of the molecule is C=C/C=C\C=C(/C)OCc1ccc(CC2CC(c3cccnc3N)N=N2)cc1. The van der Waals surface area contributed by atoms with Gasteiger partial charge in [-0.05, 0) is 36.6 Å². The van der Waals surface area contributed by atoms with Crippen LogP contribution in [0.25, 0.3) is 0 Å². The second-order valence-electron chi connectivity index (χ2n) is 6.82. The fourth-order valence-corrected chi connectivity index (χ4v) is 3.11. The van der Waals surface area contributed by atoms with Crippen LogP contribution in [-0.2, 0) is 17.8 Å². The fourth-order valence-electron chi connectivity index (χ4n) is 3.11. The third-order valence-corrected chi connectivity index (χ3v) is 4.63. The summed E-state index contributed by atoms with van der Waals surface area (Å²) in [4.78, 5) is 4.15. The number of nitrogens with two attached hydrogens (primary N) is 1. The highest BCUT2D eigenvalue weighted by Gasteiger charge is 2.25. The minimum atomic E-state index is 0.0104. The van der Waals surface area contributed by atoms with Gasteiger partial charge in [0, 0.05) is 18.2 Å². The Bertz CT molecular complexity index is 884. The van der Waals surface area contributed by atoms with Crippen LogP contribution < -0.4 is 5.73 Å². The normalized spacial score (nSPS) is 19.2. The van der Waals surface area contributed by atoms with E-state index in [-0.39, 0.29) is 12.1 Å². The molecular formula is C23H26N4O. The molecule has 2 atom stereocenters. The molecule has 144 valence electrons. The number of anilines is 1. The number of hydrogen-bond donors (Lipinski definition) is 1. The molecule has 0 fully saturated rings. The first-order valence-corrected chi connectivity index (χ1v) is 9.42. The number of ether oxygens (including phenoxy) is 1. The van der Waals surface area contributed by atoms with E-state index in [2.05, 4.69) is 46.1 Å². The Kier molecular flexibility index (Phi) is 6.73. The average Bonchev–Trinajstić information content (AvgIpc) is 3.16. The molecule has 2 N–H and O–H groups in total. The first-order chi connectivity index (χ1) is 13.7. The van der Waals surface area contributed by atoms with Crippen molar-refractivity contribution in [2.75, 3.05) is 5.73 Å². The van der Waals surface area contributed by atoms with Gasteiger partial charge in [-0.3, -0.25) is 0 Å². The number of benzene rings is 1. The van der Waals surface area contributed by atoms with Gasteiger partial charge in [0.25, 0.3) is 0 Å². The van der Waals surface area contributed by atoms with Crippen molar-refractivity contribution in [2.45, 2.75) is 38.5 Å². The molecule has 1 aromatic heterocycles. The molecule has 1 aliphatic heterocycles. The summed E-state index contributed by atoms with van der Waals surface area (Å²) >= 11 is 0. The van der Waals surface area contributed by atoms with Crippen molar-refractivity contribution in [1.29, 1.82) is 0 Å². The smallest absolute Gasteiger partial charge is 0.128 e. The summed E-state index contributed by atoms with van der Waals surface area (Å²) in [6.07, 6.45) is 10.9. The molecule has 0 saturated carbocycles. The quantitative estimate of drug-likeness (QED) is 0.501. The van der Waals surface area contributed by atoms with Crippen LogP contribution >= 0.6 is 0 Å². The van der Waals surface area contributed by atoms with E-state index in [9.17, 15) is 0 Å². The van der Waals surface area contributed by atoms with Gasteiger partial charge in [0.15, 0.2) is 0 Å². The molecule has 0 radical (unpaired) electrons. The van der Waals surface area contributed by atoms with Crippen molar-refractivity contribution in [3.05, 3.63) is 95.9 Å². The molecule has 1 aromatic carbocycles. The van der Waals surface area contributed by atoms with Gasteiger partial charge in [-0.2, -0.15) is 10.2 Å². The van der Waals surface area contributed by atoms with Crippen LogP contribution in [-0.4, -0.2) is 11.0 Å².